The molecule has 6 aromatic rings. The quantitative estimate of drug-likeness (QED) is 0.137. The van der Waals surface area contributed by atoms with Gasteiger partial charge in [0.05, 0.1) is 11.8 Å². The Morgan fingerprint density at radius 1 is 0.720 bits per heavy atom. The van der Waals surface area contributed by atoms with Gasteiger partial charge in [-0.3, -0.25) is 18.4 Å². The molecule has 2 aliphatic rings. The molecule has 2 aliphatic carbocycles. The number of hydrogen-bond acceptors (Lipinski definition) is 6. The van der Waals surface area contributed by atoms with Crippen LogP contribution in [0, 0.1) is 37.3 Å². The molecule has 0 spiro atoms. The summed E-state index contributed by atoms with van der Waals surface area (Å²) in [4.78, 5) is 35.7. The molecule has 50 heavy (non-hydrogen) atoms. The van der Waals surface area contributed by atoms with Crippen molar-refractivity contribution in [3.63, 3.8) is 0 Å². The van der Waals surface area contributed by atoms with Crippen LogP contribution in [0.3, 0.4) is 0 Å². The molecule has 0 radical (unpaired) electrons. The maximum absolute atomic E-state index is 13.9. The lowest BCUT2D eigenvalue weighted by atomic mass is 10.0. The highest BCUT2D eigenvalue weighted by atomic mass is 19.1. The normalized spacial score (nSPS) is 19.3. The van der Waals surface area contributed by atoms with Crippen LogP contribution in [0.15, 0.2) is 73.1 Å². The van der Waals surface area contributed by atoms with Crippen molar-refractivity contribution in [3.8, 4) is 22.3 Å². The van der Waals surface area contributed by atoms with E-state index in [1.165, 1.54) is 12.1 Å². The Hall–Kier alpha value is -5.52. The number of Topliss-reactive ketones (excluding diaryl/α,β-unsaturated/α-hetero) is 2. The SMILES string of the molecule is Cc1c(F)cccc1-c1ccc2nc(N(C)C)c(C(=O)[C@H]3C[C@@H]3F)n2c1.Cc1c(F)cccc1-c1ccc2nc(N)c(C(=O)[C@@H]3C[C@@H]3F)n2c1. The molecule has 4 atom stereocenters. The molecule has 8 nitrogen and oxygen atoms in total. The molecule has 4 heterocycles. The van der Waals surface area contributed by atoms with Crippen LogP contribution in [0.1, 0.15) is 44.9 Å². The van der Waals surface area contributed by atoms with Crippen LogP contribution in [0.2, 0.25) is 0 Å². The predicted molar refractivity (Wildman–Crippen MR) is 184 cm³/mol. The van der Waals surface area contributed by atoms with Crippen molar-refractivity contribution in [1.29, 1.82) is 0 Å². The number of ketones is 2. The highest BCUT2D eigenvalue weighted by molar-refractivity contribution is 6.04. The third kappa shape index (κ3) is 5.78. The van der Waals surface area contributed by atoms with Crippen LogP contribution in [0.5, 0.6) is 0 Å². The van der Waals surface area contributed by atoms with Crippen LogP contribution in [0.4, 0.5) is 29.2 Å². The van der Waals surface area contributed by atoms with Gasteiger partial charge in [-0.15, -0.1) is 0 Å². The monoisotopic (exact) mass is 682 g/mol. The number of benzene rings is 2. The molecule has 2 saturated carbocycles. The van der Waals surface area contributed by atoms with Crippen molar-refractivity contribution in [3.05, 3.63) is 107 Å². The van der Waals surface area contributed by atoms with Crippen molar-refractivity contribution >= 4 is 34.5 Å². The summed E-state index contributed by atoms with van der Waals surface area (Å²) in [5.74, 6) is -1.76. The van der Waals surface area contributed by atoms with Gasteiger partial charge in [0.1, 0.15) is 46.7 Å². The topological polar surface area (TPSA) is 98.0 Å². The number of carbonyl (C=O) groups is 2. The summed E-state index contributed by atoms with van der Waals surface area (Å²) in [7, 11) is 3.60. The molecule has 12 heteroatoms. The Kier molecular flexibility index (Phi) is 8.20. The number of imidazole rings is 2. The van der Waals surface area contributed by atoms with Crippen molar-refractivity contribution in [2.75, 3.05) is 24.7 Å². The van der Waals surface area contributed by atoms with Crippen LogP contribution >= 0.6 is 0 Å². The zero-order valence-electron chi connectivity index (χ0n) is 27.8. The second-order valence-electron chi connectivity index (χ2n) is 13.1. The van der Waals surface area contributed by atoms with E-state index >= 15 is 0 Å². The summed E-state index contributed by atoms with van der Waals surface area (Å²) in [5, 5.41) is 0. The number of aromatic nitrogens is 4. The molecule has 0 saturated heterocycles. The number of pyridine rings is 2. The van der Waals surface area contributed by atoms with Gasteiger partial charge in [0, 0.05) is 26.5 Å². The molecule has 0 unspecified atom stereocenters. The number of carbonyl (C=O) groups excluding carboxylic acids is 2. The number of rotatable bonds is 7. The zero-order valence-corrected chi connectivity index (χ0v) is 27.8. The summed E-state index contributed by atoms with van der Waals surface area (Å²) < 4.78 is 57.8. The predicted octanol–water partition coefficient (Wildman–Crippen LogP) is 7.63. The summed E-state index contributed by atoms with van der Waals surface area (Å²) in [5.41, 5.74) is 11.6. The Morgan fingerprint density at radius 3 is 1.62 bits per heavy atom. The fourth-order valence-corrected chi connectivity index (χ4v) is 6.26. The summed E-state index contributed by atoms with van der Waals surface area (Å²) >= 11 is 0. The Balaban J connectivity index is 0.000000157. The van der Waals surface area contributed by atoms with E-state index < -0.39 is 24.2 Å². The van der Waals surface area contributed by atoms with Crippen molar-refractivity contribution in [1.82, 2.24) is 18.8 Å². The van der Waals surface area contributed by atoms with Gasteiger partial charge in [-0.1, -0.05) is 24.3 Å². The lowest BCUT2D eigenvalue weighted by Gasteiger charge is -2.12. The van der Waals surface area contributed by atoms with E-state index in [-0.39, 0.29) is 47.6 Å². The first-order valence-electron chi connectivity index (χ1n) is 16.2. The largest absolute Gasteiger partial charge is 0.382 e. The number of nitrogen functional groups attached to an aromatic ring is 1. The smallest absolute Gasteiger partial charge is 0.189 e. The first-order valence-corrected chi connectivity index (χ1v) is 16.2. The maximum Gasteiger partial charge on any atom is 0.189 e. The first kappa shape index (κ1) is 33.0. The number of nitrogens with zero attached hydrogens (tertiary/aromatic N) is 5. The highest BCUT2D eigenvalue weighted by Gasteiger charge is 2.46. The number of halogens is 4. The molecule has 256 valence electrons. The minimum Gasteiger partial charge on any atom is -0.382 e. The fourth-order valence-electron chi connectivity index (χ4n) is 6.26. The van der Waals surface area contributed by atoms with Gasteiger partial charge in [-0.25, -0.2) is 27.5 Å². The van der Waals surface area contributed by atoms with E-state index in [1.807, 2.05) is 12.1 Å². The minimum atomic E-state index is -1.10. The Bertz CT molecular complexity index is 2330. The van der Waals surface area contributed by atoms with E-state index in [4.69, 9.17) is 5.73 Å². The first-order chi connectivity index (χ1) is 23.8. The van der Waals surface area contributed by atoms with E-state index in [2.05, 4.69) is 9.97 Å². The van der Waals surface area contributed by atoms with Gasteiger partial charge in [-0.05, 0) is 96.5 Å². The molecule has 0 amide bonds. The number of alkyl halides is 2. The number of hydrogen-bond donors (Lipinski definition) is 1. The summed E-state index contributed by atoms with van der Waals surface area (Å²) in [6.07, 6.45) is 1.80. The zero-order chi connectivity index (χ0) is 35.6. The molecule has 2 N–H and O–H groups in total. The molecular weight excluding hydrogens is 648 g/mol. The molecule has 2 aromatic carbocycles. The molecule has 4 aromatic heterocycles. The van der Waals surface area contributed by atoms with E-state index in [0.29, 0.717) is 33.9 Å². The summed E-state index contributed by atoms with van der Waals surface area (Å²) in [6, 6.07) is 16.9. The van der Waals surface area contributed by atoms with Gasteiger partial charge >= 0.3 is 0 Å². The number of nitrogens with two attached hydrogens (primary N) is 1. The van der Waals surface area contributed by atoms with Crippen LogP contribution in [-0.2, 0) is 0 Å². The molecule has 2 fully saturated rings. The van der Waals surface area contributed by atoms with Gasteiger partial charge in [0.25, 0.3) is 0 Å². The molecule has 8 rings (SSSR count). The number of anilines is 2. The van der Waals surface area contributed by atoms with Gasteiger partial charge in [-0.2, -0.15) is 0 Å². The molecule has 0 aliphatic heterocycles. The molecule has 0 bridgehead atoms. The number of fused-ring (bicyclic) bond motifs is 2. The average molecular weight is 683 g/mol. The van der Waals surface area contributed by atoms with Crippen LogP contribution in [0.25, 0.3) is 33.5 Å². The third-order valence-corrected chi connectivity index (χ3v) is 9.39. The highest BCUT2D eigenvalue weighted by Crippen LogP contribution is 2.40. The fraction of sp³-hybridized carbons (Fsp3) is 0.263. The third-order valence-electron chi connectivity index (χ3n) is 9.39. The molecular formula is C38H34F4N6O2. The van der Waals surface area contributed by atoms with E-state index in [0.717, 1.165) is 22.3 Å². The Morgan fingerprint density at radius 2 is 1.16 bits per heavy atom. The second kappa shape index (κ2) is 12.4. The minimum absolute atomic E-state index is 0.0900. The van der Waals surface area contributed by atoms with Gasteiger partial charge in [0.2, 0.25) is 0 Å². The second-order valence-corrected chi connectivity index (χ2v) is 13.1. The van der Waals surface area contributed by atoms with Crippen LogP contribution < -0.4 is 10.6 Å². The lowest BCUT2D eigenvalue weighted by Crippen LogP contribution is -2.16. The lowest BCUT2D eigenvalue weighted by molar-refractivity contribution is 0.0944. The van der Waals surface area contributed by atoms with Crippen molar-refractivity contribution < 1.29 is 27.2 Å². The Labute approximate surface area is 285 Å². The van der Waals surface area contributed by atoms with E-state index in [9.17, 15) is 27.2 Å². The summed E-state index contributed by atoms with van der Waals surface area (Å²) in [6.45, 7) is 3.42. The van der Waals surface area contributed by atoms with Crippen LogP contribution in [-0.4, -0.2) is 56.8 Å². The van der Waals surface area contributed by atoms with Crippen molar-refractivity contribution in [2.45, 2.75) is 39.0 Å². The average Bonchev–Trinajstić information content (AvgIpc) is 3.93. The standard InChI is InChI=1S/C20H19F2N3O.C18H15F2N3O/c1-11-13(5-4-6-15(11)21)12-7-8-17-23-20(24(2)3)18(25(17)10-12)19(26)14-9-16(14)22;1-9-11(3-2-4-13(9)19)10-5-6-15-22-18(21)16(23(15)8-10)17(24)12-7-14(12)20/h4-8,10,14,16H,9H2,1-3H3;2-6,8,12,14H,7,21H2,1H3/t14-,16-;12-,14+/m01/s1. The van der Waals surface area contributed by atoms with E-state index in [1.54, 1.807) is 90.4 Å². The van der Waals surface area contributed by atoms with Gasteiger partial charge < -0.3 is 10.6 Å². The van der Waals surface area contributed by atoms with Gasteiger partial charge in [0.15, 0.2) is 23.2 Å². The van der Waals surface area contributed by atoms with Crippen molar-refractivity contribution in [2.24, 2.45) is 11.8 Å². The maximum atomic E-state index is 13.9.